The molecule has 98 valence electrons. The number of allylic oxidation sites excluding steroid dienone is 1. The van der Waals surface area contributed by atoms with Gasteiger partial charge in [-0.1, -0.05) is 41.9 Å². The molecule has 0 saturated heterocycles. The summed E-state index contributed by atoms with van der Waals surface area (Å²) in [5, 5.41) is 10.8. The van der Waals surface area contributed by atoms with Gasteiger partial charge in [-0.3, -0.25) is 14.9 Å². The van der Waals surface area contributed by atoms with E-state index in [0.29, 0.717) is 5.56 Å². The number of benzene rings is 1. The molecule has 5 nitrogen and oxygen atoms in total. The quantitative estimate of drug-likeness (QED) is 0.302. The van der Waals surface area contributed by atoms with E-state index in [4.69, 9.17) is 17.3 Å². The zero-order chi connectivity index (χ0) is 14.0. The highest BCUT2D eigenvalue weighted by atomic mass is 35.5. The van der Waals surface area contributed by atoms with Gasteiger partial charge in [0.25, 0.3) is 5.70 Å². The molecule has 6 heteroatoms. The molecule has 0 fully saturated rings. The van der Waals surface area contributed by atoms with Gasteiger partial charge in [0.05, 0.1) is 10.8 Å². The van der Waals surface area contributed by atoms with E-state index >= 15 is 0 Å². The largest absolute Gasteiger partial charge is 0.309 e. The molecule has 1 aromatic carbocycles. The van der Waals surface area contributed by atoms with E-state index in [1.165, 1.54) is 18.2 Å². The van der Waals surface area contributed by atoms with E-state index in [1.54, 1.807) is 30.3 Å². The molecule has 0 aliphatic heterocycles. The van der Waals surface area contributed by atoms with Crippen LogP contribution < -0.4 is 5.73 Å². The first-order chi connectivity index (χ1) is 8.92. The number of nitrogens with two attached hydrogens (primary N) is 1. The summed E-state index contributed by atoms with van der Waals surface area (Å²) >= 11 is 6.06. The third kappa shape index (κ3) is 2.72. The number of nitrogens with zero attached hydrogens (tertiary/aromatic N) is 1. The van der Waals surface area contributed by atoms with Crippen LogP contribution in [0.25, 0.3) is 0 Å². The van der Waals surface area contributed by atoms with Crippen molar-refractivity contribution in [2.75, 3.05) is 0 Å². The lowest BCUT2D eigenvalue weighted by Gasteiger charge is -2.27. The minimum Gasteiger partial charge on any atom is -0.309 e. The van der Waals surface area contributed by atoms with Crippen LogP contribution in [0.3, 0.4) is 0 Å². The second-order valence-corrected chi connectivity index (χ2v) is 4.87. The predicted octanol–water partition coefficient (Wildman–Crippen LogP) is 2.11. The lowest BCUT2D eigenvalue weighted by Crippen LogP contribution is -2.44. The van der Waals surface area contributed by atoms with E-state index in [0.717, 1.165) is 0 Å². The average Bonchev–Trinajstić information content (AvgIpc) is 2.38. The lowest BCUT2D eigenvalue weighted by atomic mass is 9.87. The normalized spacial score (nSPS) is 25.8. The van der Waals surface area contributed by atoms with Gasteiger partial charge in [0.1, 0.15) is 5.00 Å². The van der Waals surface area contributed by atoms with Gasteiger partial charge in [-0.05, 0) is 6.08 Å². The van der Waals surface area contributed by atoms with Crippen LogP contribution in [0.5, 0.6) is 0 Å². The Morgan fingerprint density at radius 3 is 2.58 bits per heavy atom. The van der Waals surface area contributed by atoms with Crippen molar-refractivity contribution in [2.24, 2.45) is 11.7 Å². The molecule has 0 spiro atoms. The van der Waals surface area contributed by atoms with E-state index in [2.05, 4.69) is 0 Å². The highest BCUT2D eigenvalue weighted by Crippen LogP contribution is 2.31. The van der Waals surface area contributed by atoms with Crippen molar-refractivity contribution in [1.82, 2.24) is 0 Å². The zero-order valence-corrected chi connectivity index (χ0v) is 10.6. The van der Waals surface area contributed by atoms with Gasteiger partial charge >= 0.3 is 0 Å². The molecule has 1 aliphatic rings. The lowest BCUT2D eigenvalue weighted by molar-refractivity contribution is -0.419. The van der Waals surface area contributed by atoms with Gasteiger partial charge in [-0.15, -0.1) is 0 Å². The predicted molar refractivity (Wildman–Crippen MR) is 71.3 cm³/mol. The Kier molecular flexibility index (Phi) is 3.50. The number of halogens is 1. The summed E-state index contributed by atoms with van der Waals surface area (Å²) in [4.78, 5) is 21.1. The van der Waals surface area contributed by atoms with Crippen LogP contribution in [0.1, 0.15) is 10.4 Å². The number of nitro groups is 1. The SMILES string of the molecule is N[C@]1(Cl)C=CC([N+](=O)[O-])=C[C@@H]1C(=O)c1ccccc1. The first-order valence-electron chi connectivity index (χ1n) is 5.54. The molecule has 2 rings (SSSR count). The molecule has 0 bridgehead atoms. The molecule has 2 N–H and O–H groups in total. The van der Waals surface area contributed by atoms with Crippen LogP contribution in [-0.2, 0) is 0 Å². The van der Waals surface area contributed by atoms with Gasteiger partial charge in [0.2, 0.25) is 0 Å². The minimum atomic E-state index is -1.45. The summed E-state index contributed by atoms with van der Waals surface area (Å²) in [6.45, 7) is 0. The molecular formula is C13H11ClN2O3. The number of rotatable bonds is 3. The third-order valence-electron chi connectivity index (χ3n) is 2.88. The number of alkyl halides is 1. The molecule has 0 unspecified atom stereocenters. The highest BCUT2D eigenvalue weighted by Gasteiger charge is 2.39. The van der Waals surface area contributed by atoms with Gasteiger partial charge in [0, 0.05) is 17.7 Å². The Hall–Kier alpha value is -1.98. The Labute approximate surface area is 114 Å². The number of ketones is 1. The van der Waals surface area contributed by atoms with Crippen LogP contribution in [-0.4, -0.2) is 15.7 Å². The third-order valence-corrected chi connectivity index (χ3v) is 3.24. The van der Waals surface area contributed by atoms with Gasteiger partial charge in [-0.2, -0.15) is 0 Å². The monoisotopic (exact) mass is 278 g/mol. The smallest absolute Gasteiger partial charge is 0.266 e. The molecule has 0 amide bonds. The second-order valence-electron chi connectivity index (χ2n) is 4.22. The Morgan fingerprint density at radius 1 is 1.37 bits per heavy atom. The zero-order valence-electron chi connectivity index (χ0n) is 9.82. The van der Waals surface area contributed by atoms with E-state index in [1.807, 2.05) is 0 Å². The minimum absolute atomic E-state index is 0.184. The summed E-state index contributed by atoms with van der Waals surface area (Å²) in [7, 11) is 0. The van der Waals surface area contributed by atoms with Crippen molar-refractivity contribution >= 4 is 17.4 Å². The van der Waals surface area contributed by atoms with Crippen molar-refractivity contribution in [3.05, 3.63) is 69.9 Å². The summed E-state index contributed by atoms with van der Waals surface area (Å²) < 4.78 is 0. The van der Waals surface area contributed by atoms with Crippen molar-refractivity contribution in [3.8, 4) is 0 Å². The van der Waals surface area contributed by atoms with E-state index in [-0.39, 0.29) is 11.5 Å². The maximum absolute atomic E-state index is 12.3. The molecule has 2 atom stereocenters. The van der Waals surface area contributed by atoms with E-state index < -0.39 is 15.8 Å². The van der Waals surface area contributed by atoms with Gasteiger partial charge in [0.15, 0.2) is 5.78 Å². The van der Waals surface area contributed by atoms with E-state index in [9.17, 15) is 14.9 Å². The first-order valence-corrected chi connectivity index (χ1v) is 5.92. The number of hydrogen-bond donors (Lipinski definition) is 1. The molecule has 0 heterocycles. The molecule has 0 radical (unpaired) electrons. The van der Waals surface area contributed by atoms with Crippen LogP contribution in [0, 0.1) is 16.0 Å². The number of carbonyl (C=O) groups is 1. The Morgan fingerprint density at radius 2 is 2.00 bits per heavy atom. The van der Waals surface area contributed by atoms with Crippen LogP contribution in [0.4, 0.5) is 0 Å². The summed E-state index contributed by atoms with van der Waals surface area (Å²) in [5.74, 6) is -1.32. The summed E-state index contributed by atoms with van der Waals surface area (Å²) in [6.07, 6.45) is 3.68. The fourth-order valence-electron chi connectivity index (χ4n) is 1.85. The Bertz CT molecular complexity index is 579. The van der Waals surface area contributed by atoms with Crippen molar-refractivity contribution in [1.29, 1.82) is 0 Å². The Balaban J connectivity index is 2.39. The van der Waals surface area contributed by atoms with Crippen molar-refractivity contribution in [2.45, 2.75) is 5.00 Å². The molecular weight excluding hydrogens is 268 g/mol. The van der Waals surface area contributed by atoms with Gasteiger partial charge < -0.3 is 5.73 Å². The van der Waals surface area contributed by atoms with Gasteiger partial charge in [-0.25, -0.2) is 0 Å². The molecule has 19 heavy (non-hydrogen) atoms. The number of carbonyl (C=O) groups excluding carboxylic acids is 1. The fraction of sp³-hybridized carbons (Fsp3) is 0.154. The average molecular weight is 279 g/mol. The maximum atomic E-state index is 12.3. The fourth-order valence-corrected chi connectivity index (χ4v) is 2.08. The first kappa shape index (κ1) is 13.5. The summed E-state index contributed by atoms with van der Waals surface area (Å²) in [5.41, 5.74) is 6.04. The number of hydrogen-bond acceptors (Lipinski definition) is 4. The van der Waals surface area contributed by atoms with Crippen LogP contribution in [0.15, 0.2) is 54.3 Å². The summed E-state index contributed by atoms with van der Waals surface area (Å²) in [6, 6.07) is 8.42. The molecule has 1 aromatic rings. The number of Topliss-reactive ketones (excluding diaryl/α,β-unsaturated/α-hetero) is 1. The second kappa shape index (κ2) is 4.95. The maximum Gasteiger partial charge on any atom is 0.266 e. The molecule has 1 aliphatic carbocycles. The van der Waals surface area contributed by atoms with Crippen LogP contribution in [0.2, 0.25) is 0 Å². The standard InChI is InChI=1S/C13H11ClN2O3/c14-13(15)7-6-10(16(18)19)8-11(13)12(17)9-4-2-1-3-5-9/h1-8,11H,15H2/t11-,13-/m1/s1. The highest BCUT2D eigenvalue weighted by molar-refractivity contribution is 6.27. The van der Waals surface area contributed by atoms with Crippen molar-refractivity contribution in [3.63, 3.8) is 0 Å². The molecule has 0 aromatic heterocycles. The topological polar surface area (TPSA) is 86.2 Å². The van der Waals surface area contributed by atoms with Crippen LogP contribution >= 0.6 is 11.6 Å². The molecule has 0 saturated carbocycles. The van der Waals surface area contributed by atoms with Crippen molar-refractivity contribution < 1.29 is 9.72 Å².